The molecular formula is C17H18N2S. The highest BCUT2D eigenvalue weighted by Gasteiger charge is 2.09. The second-order valence-electron chi connectivity index (χ2n) is 5.03. The molecule has 0 saturated carbocycles. The summed E-state index contributed by atoms with van der Waals surface area (Å²) < 4.78 is 1.26. The molecule has 3 rings (SSSR count). The van der Waals surface area contributed by atoms with Crippen LogP contribution in [-0.2, 0) is 6.54 Å². The highest BCUT2D eigenvalue weighted by atomic mass is 32.1. The van der Waals surface area contributed by atoms with Crippen molar-refractivity contribution >= 4 is 21.6 Å². The average molecular weight is 282 g/mol. The van der Waals surface area contributed by atoms with Crippen molar-refractivity contribution in [3.63, 3.8) is 0 Å². The number of para-hydroxylation sites is 1. The molecule has 0 bridgehead atoms. The van der Waals surface area contributed by atoms with Crippen LogP contribution in [0.5, 0.6) is 0 Å². The van der Waals surface area contributed by atoms with Crippen LogP contribution in [0.3, 0.4) is 0 Å². The van der Waals surface area contributed by atoms with Gasteiger partial charge in [-0.15, -0.1) is 11.3 Å². The second kappa shape index (κ2) is 5.73. The maximum atomic E-state index is 4.66. The van der Waals surface area contributed by atoms with E-state index in [0.29, 0.717) is 6.04 Å². The third-order valence-electron chi connectivity index (χ3n) is 3.55. The van der Waals surface area contributed by atoms with E-state index in [4.69, 9.17) is 0 Å². The topological polar surface area (TPSA) is 24.9 Å². The SMILES string of the molecule is Cc1ccccc1[C@H](C)NCc1nc2ccccc2s1. The van der Waals surface area contributed by atoms with Crippen LogP contribution in [0.2, 0.25) is 0 Å². The molecule has 0 aliphatic heterocycles. The Morgan fingerprint density at radius 1 is 1.10 bits per heavy atom. The molecule has 1 heterocycles. The zero-order valence-electron chi connectivity index (χ0n) is 11.8. The van der Waals surface area contributed by atoms with E-state index < -0.39 is 0 Å². The molecule has 1 aromatic heterocycles. The van der Waals surface area contributed by atoms with Crippen LogP contribution in [-0.4, -0.2) is 4.98 Å². The summed E-state index contributed by atoms with van der Waals surface area (Å²) in [5.41, 5.74) is 3.78. The monoisotopic (exact) mass is 282 g/mol. The van der Waals surface area contributed by atoms with Gasteiger partial charge in [0, 0.05) is 12.6 Å². The number of aromatic nitrogens is 1. The first-order chi connectivity index (χ1) is 9.74. The van der Waals surface area contributed by atoms with Gasteiger partial charge in [0.2, 0.25) is 0 Å². The summed E-state index contributed by atoms with van der Waals surface area (Å²) in [5.74, 6) is 0. The fourth-order valence-corrected chi connectivity index (χ4v) is 3.34. The smallest absolute Gasteiger partial charge is 0.108 e. The summed E-state index contributed by atoms with van der Waals surface area (Å²) in [6.45, 7) is 5.18. The Bertz CT molecular complexity index is 685. The molecule has 0 spiro atoms. The highest BCUT2D eigenvalue weighted by Crippen LogP contribution is 2.22. The lowest BCUT2D eigenvalue weighted by atomic mass is 10.0. The molecule has 0 saturated heterocycles. The summed E-state index contributed by atoms with van der Waals surface area (Å²) in [4.78, 5) is 4.66. The first-order valence-corrected chi connectivity index (χ1v) is 7.69. The summed E-state index contributed by atoms with van der Waals surface area (Å²) in [7, 11) is 0. The van der Waals surface area contributed by atoms with Gasteiger partial charge in [-0.25, -0.2) is 4.98 Å². The van der Waals surface area contributed by atoms with Crippen molar-refractivity contribution < 1.29 is 0 Å². The molecule has 2 aromatic carbocycles. The maximum Gasteiger partial charge on any atom is 0.108 e. The second-order valence-corrected chi connectivity index (χ2v) is 6.15. The van der Waals surface area contributed by atoms with E-state index in [1.165, 1.54) is 15.8 Å². The standard InChI is InChI=1S/C17H18N2S/c1-12-7-3-4-8-14(12)13(2)18-11-17-19-15-9-5-6-10-16(15)20-17/h3-10,13,18H,11H2,1-2H3/t13-/m0/s1. The Morgan fingerprint density at radius 3 is 2.65 bits per heavy atom. The van der Waals surface area contributed by atoms with Gasteiger partial charge in [0.15, 0.2) is 0 Å². The van der Waals surface area contributed by atoms with Gasteiger partial charge in [-0.2, -0.15) is 0 Å². The van der Waals surface area contributed by atoms with Gasteiger partial charge < -0.3 is 5.32 Å². The van der Waals surface area contributed by atoms with E-state index >= 15 is 0 Å². The van der Waals surface area contributed by atoms with Crippen molar-refractivity contribution in [3.8, 4) is 0 Å². The summed E-state index contributed by atoms with van der Waals surface area (Å²) in [5, 5.41) is 4.71. The molecule has 3 aromatic rings. The van der Waals surface area contributed by atoms with Gasteiger partial charge in [0.1, 0.15) is 5.01 Å². The van der Waals surface area contributed by atoms with Gasteiger partial charge in [0.05, 0.1) is 10.2 Å². The Balaban J connectivity index is 1.71. The minimum atomic E-state index is 0.336. The molecule has 0 unspecified atom stereocenters. The largest absolute Gasteiger partial charge is 0.304 e. The van der Waals surface area contributed by atoms with Crippen LogP contribution in [0, 0.1) is 6.92 Å². The zero-order valence-corrected chi connectivity index (χ0v) is 12.6. The van der Waals surface area contributed by atoms with Gasteiger partial charge in [-0.05, 0) is 37.1 Å². The molecule has 3 heteroatoms. The fourth-order valence-electron chi connectivity index (χ4n) is 2.42. The van der Waals surface area contributed by atoms with Crippen LogP contribution in [0.1, 0.15) is 29.1 Å². The highest BCUT2D eigenvalue weighted by molar-refractivity contribution is 7.18. The van der Waals surface area contributed by atoms with E-state index in [-0.39, 0.29) is 0 Å². The van der Waals surface area contributed by atoms with Gasteiger partial charge >= 0.3 is 0 Å². The molecule has 1 atom stereocenters. The Morgan fingerprint density at radius 2 is 1.85 bits per heavy atom. The van der Waals surface area contributed by atoms with Crippen LogP contribution in [0.4, 0.5) is 0 Å². The molecule has 1 N–H and O–H groups in total. The lowest BCUT2D eigenvalue weighted by molar-refractivity contribution is 0.571. The zero-order chi connectivity index (χ0) is 13.9. The first kappa shape index (κ1) is 13.3. The molecule has 0 radical (unpaired) electrons. The molecule has 0 amide bonds. The van der Waals surface area contributed by atoms with Gasteiger partial charge in [0.25, 0.3) is 0 Å². The summed E-state index contributed by atoms with van der Waals surface area (Å²) >= 11 is 1.77. The maximum absolute atomic E-state index is 4.66. The van der Waals surface area contributed by atoms with E-state index in [2.05, 4.69) is 66.6 Å². The number of hydrogen-bond acceptors (Lipinski definition) is 3. The van der Waals surface area contributed by atoms with Gasteiger partial charge in [-0.3, -0.25) is 0 Å². The minimum absolute atomic E-state index is 0.336. The van der Waals surface area contributed by atoms with Crippen molar-refractivity contribution in [2.75, 3.05) is 0 Å². The van der Waals surface area contributed by atoms with Crippen molar-refractivity contribution in [1.82, 2.24) is 10.3 Å². The fraction of sp³-hybridized carbons (Fsp3) is 0.235. The molecule has 0 aliphatic carbocycles. The number of rotatable bonds is 4. The average Bonchev–Trinajstić information content (AvgIpc) is 2.88. The van der Waals surface area contributed by atoms with E-state index in [1.807, 2.05) is 6.07 Å². The predicted molar refractivity (Wildman–Crippen MR) is 86.1 cm³/mol. The van der Waals surface area contributed by atoms with Crippen LogP contribution in [0.25, 0.3) is 10.2 Å². The summed E-state index contributed by atoms with van der Waals surface area (Å²) in [6, 6.07) is 17.2. The third-order valence-corrected chi connectivity index (χ3v) is 4.59. The number of hydrogen-bond donors (Lipinski definition) is 1. The minimum Gasteiger partial charge on any atom is -0.304 e. The number of fused-ring (bicyclic) bond motifs is 1. The lowest BCUT2D eigenvalue weighted by Crippen LogP contribution is -2.18. The van der Waals surface area contributed by atoms with Crippen LogP contribution >= 0.6 is 11.3 Å². The number of aryl methyl sites for hydroxylation is 1. The van der Waals surface area contributed by atoms with E-state index in [9.17, 15) is 0 Å². The van der Waals surface area contributed by atoms with Crippen molar-refractivity contribution in [2.45, 2.75) is 26.4 Å². The van der Waals surface area contributed by atoms with Crippen molar-refractivity contribution in [1.29, 1.82) is 0 Å². The molecule has 2 nitrogen and oxygen atoms in total. The molecule has 102 valence electrons. The number of nitrogens with one attached hydrogen (secondary N) is 1. The third kappa shape index (κ3) is 2.74. The van der Waals surface area contributed by atoms with Gasteiger partial charge in [-0.1, -0.05) is 36.4 Å². The molecule has 20 heavy (non-hydrogen) atoms. The van der Waals surface area contributed by atoms with Crippen LogP contribution < -0.4 is 5.32 Å². The van der Waals surface area contributed by atoms with Crippen molar-refractivity contribution in [2.24, 2.45) is 0 Å². The molecule has 0 aliphatic rings. The Kier molecular flexibility index (Phi) is 3.81. The molecular weight excluding hydrogens is 264 g/mol. The number of benzene rings is 2. The Hall–Kier alpha value is -1.71. The summed E-state index contributed by atoms with van der Waals surface area (Å²) in [6.07, 6.45) is 0. The Labute approximate surface area is 123 Å². The quantitative estimate of drug-likeness (QED) is 0.764. The van der Waals surface area contributed by atoms with E-state index in [1.54, 1.807) is 11.3 Å². The normalized spacial score (nSPS) is 12.7. The number of thiazole rings is 1. The van der Waals surface area contributed by atoms with E-state index in [0.717, 1.165) is 17.1 Å². The number of nitrogens with zero attached hydrogens (tertiary/aromatic N) is 1. The van der Waals surface area contributed by atoms with Crippen LogP contribution in [0.15, 0.2) is 48.5 Å². The van der Waals surface area contributed by atoms with Crippen molar-refractivity contribution in [3.05, 3.63) is 64.7 Å². The lowest BCUT2D eigenvalue weighted by Gasteiger charge is -2.15. The first-order valence-electron chi connectivity index (χ1n) is 6.87. The molecule has 0 fully saturated rings. The predicted octanol–water partition coefficient (Wildman–Crippen LogP) is 4.46.